The first-order valence-corrected chi connectivity index (χ1v) is 6.84. The largest absolute Gasteiger partial charge is 0.481 e. The van der Waals surface area contributed by atoms with Crippen LogP contribution in [0, 0.1) is 5.41 Å². The second-order valence-electron chi connectivity index (χ2n) is 5.45. The second kappa shape index (κ2) is 5.21. The van der Waals surface area contributed by atoms with E-state index in [1.54, 1.807) is 6.20 Å². The smallest absolute Gasteiger partial charge is 0.312 e. The molecule has 1 unspecified atom stereocenters. The molecule has 1 atom stereocenters. The second-order valence-corrected chi connectivity index (χ2v) is 5.45. The third-order valence-electron chi connectivity index (χ3n) is 3.99. The molecule has 0 saturated carbocycles. The molecule has 4 nitrogen and oxygen atoms in total. The maximum Gasteiger partial charge on any atom is 0.312 e. The minimum atomic E-state index is -0.784. The molecule has 3 rings (SSSR count). The van der Waals surface area contributed by atoms with Crippen LogP contribution in [0.3, 0.4) is 0 Å². The molecule has 1 saturated heterocycles. The van der Waals surface area contributed by atoms with Gasteiger partial charge in [0.15, 0.2) is 0 Å². The van der Waals surface area contributed by atoms with Crippen molar-refractivity contribution in [2.45, 2.75) is 19.3 Å². The number of benzene rings is 1. The van der Waals surface area contributed by atoms with Gasteiger partial charge in [0.2, 0.25) is 0 Å². The maximum absolute atomic E-state index is 11.7. The fraction of sp³-hybridized carbons (Fsp3) is 0.375. The van der Waals surface area contributed by atoms with Crippen molar-refractivity contribution in [2.75, 3.05) is 13.2 Å². The van der Waals surface area contributed by atoms with Crippen LogP contribution in [0.4, 0.5) is 0 Å². The monoisotopic (exact) mass is 271 g/mol. The zero-order chi connectivity index (χ0) is 14.0. The van der Waals surface area contributed by atoms with Gasteiger partial charge in [0.1, 0.15) is 0 Å². The lowest BCUT2D eigenvalue weighted by molar-refractivity contribution is -0.157. The van der Waals surface area contributed by atoms with Crippen molar-refractivity contribution in [2.24, 2.45) is 5.41 Å². The van der Waals surface area contributed by atoms with Crippen molar-refractivity contribution in [3.8, 4) is 0 Å². The number of carboxylic acids is 1. The van der Waals surface area contributed by atoms with Gasteiger partial charge in [-0.15, -0.1) is 0 Å². The fourth-order valence-electron chi connectivity index (χ4n) is 2.86. The van der Waals surface area contributed by atoms with Crippen molar-refractivity contribution >= 4 is 16.9 Å². The molecule has 1 aliphatic rings. The van der Waals surface area contributed by atoms with E-state index in [0.29, 0.717) is 26.1 Å². The molecule has 104 valence electrons. The highest BCUT2D eigenvalue weighted by atomic mass is 16.5. The topological polar surface area (TPSA) is 59.4 Å². The van der Waals surface area contributed by atoms with Gasteiger partial charge in [-0.2, -0.15) is 0 Å². The number of carbonyl (C=O) groups is 1. The molecule has 1 fully saturated rings. The number of ether oxygens (including phenoxy) is 1. The van der Waals surface area contributed by atoms with E-state index >= 15 is 0 Å². The van der Waals surface area contributed by atoms with E-state index in [0.717, 1.165) is 22.9 Å². The quantitative estimate of drug-likeness (QED) is 0.932. The van der Waals surface area contributed by atoms with E-state index in [9.17, 15) is 9.90 Å². The van der Waals surface area contributed by atoms with Gasteiger partial charge < -0.3 is 9.84 Å². The van der Waals surface area contributed by atoms with Crippen molar-refractivity contribution in [1.29, 1.82) is 0 Å². The molecule has 0 spiro atoms. The van der Waals surface area contributed by atoms with Crippen molar-refractivity contribution in [1.82, 2.24) is 4.98 Å². The number of pyridine rings is 1. The molecular weight excluding hydrogens is 254 g/mol. The molecule has 0 amide bonds. The average molecular weight is 271 g/mol. The standard InChI is InChI=1S/C16H17NO3/c18-15(19)16(6-2-8-20-11-16)10-12-4-5-14-13(9-12)3-1-7-17-14/h1,3-5,7,9H,2,6,8,10-11H2,(H,18,19). The van der Waals surface area contributed by atoms with E-state index < -0.39 is 11.4 Å². The van der Waals surface area contributed by atoms with E-state index in [4.69, 9.17) is 4.74 Å². The number of fused-ring (bicyclic) bond motifs is 1. The summed E-state index contributed by atoms with van der Waals surface area (Å²) in [7, 11) is 0. The molecule has 4 heteroatoms. The van der Waals surface area contributed by atoms with Gasteiger partial charge in [-0.3, -0.25) is 9.78 Å². The number of hydrogen-bond acceptors (Lipinski definition) is 3. The molecule has 2 heterocycles. The number of rotatable bonds is 3. The Bertz CT molecular complexity index is 632. The fourth-order valence-corrected chi connectivity index (χ4v) is 2.86. The lowest BCUT2D eigenvalue weighted by Gasteiger charge is -2.33. The van der Waals surface area contributed by atoms with Gasteiger partial charge in [0.05, 0.1) is 17.5 Å². The first kappa shape index (κ1) is 13.1. The van der Waals surface area contributed by atoms with Gasteiger partial charge in [0, 0.05) is 18.2 Å². The van der Waals surface area contributed by atoms with Crippen molar-refractivity contribution in [3.63, 3.8) is 0 Å². The maximum atomic E-state index is 11.7. The Hall–Kier alpha value is -1.94. The van der Waals surface area contributed by atoms with E-state index in [2.05, 4.69) is 4.98 Å². The van der Waals surface area contributed by atoms with Crippen LogP contribution < -0.4 is 0 Å². The summed E-state index contributed by atoms with van der Waals surface area (Å²) in [5, 5.41) is 10.6. The van der Waals surface area contributed by atoms with Crippen LogP contribution in [0.25, 0.3) is 10.9 Å². The Labute approximate surface area is 117 Å². The lowest BCUT2D eigenvalue weighted by atomic mass is 9.77. The summed E-state index contributed by atoms with van der Waals surface area (Å²) in [6.45, 7) is 0.962. The van der Waals surface area contributed by atoms with Crippen LogP contribution in [0.1, 0.15) is 18.4 Å². The molecule has 2 aromatic rings. The lowest BCUT2D eigenvalue weighted by Crippen LogP contribution is -2.41. The Morgan fingerprint density at radius 2 is 2.30 bits per heavy atom. The highest BCUT2D eigenvalue weighted by molar-refractivity contribution is 5.80. The van der Waals surface area contributed by atoms with E-state index in [1.807, 2.05) is 30.3 Å². The predicted molar refractivity (Wildman–Crippen MR) is 75.6 cm³/mol. The van der Waals surface area contributed by atoms with Crippen molar-refractivity contribution in [3.05, 3.63) is 42.1 Å². The molecule has 0 radical (unpaired) electrons. The summed E-state index contributed by atoms with van der Waals surface area (Å²) in [5.41, 5.74) is 1.17. The van der Waals surface area contributed by atoms with Gasteiger partial charge in [-0.1, -0.05) is 12.1 Å². The molecule has 0 aliphatic carbocycles. The number of carboxylic acid groups (broad SMARTS) is 1. The summed E-state index contributed by atoms with van der Waals surface area (Å²) in [5.74, 6) is -0.761. The Balaban J connectivity index is 1.92. The summed E-state index contributed by atoms with van der Waals surface area (Å²) in [6, 6.07) is 9.83. The van der Waals surface area contributed by atoms with Gasteiger partial charge in [0.25, 0.3) is 0 Å². The first-order valence-electron chi connectivity index (χ1n) is 6.84. The molecular formula is C16H17NO3. The van der Waals surface area contributed by atoms with Gasteiger partial charge in [-0.25, -0.2) is 0 Å². The highest BCUT2D eigenvalue weighted by Gasteiger charge is 2.40. The SMILES string of the molecule is O=C(O)C1(Cc2ccc3ncccc3c2)CCCOC1. The minimum Gasteiger partial charge on any atom is -0.481 e. The molecule has 1 aromatic heterocycles. The third kappa shape index (κ3) is 2.39. The number of hydrogen-bond donors (Lipinski definition) is 1. The third-order valence-corrected chi connectivity index (χ3v) is 3.99. The van der Waals surface area contributed by atoms with Crippen LogP contribution in [-0.4, -0.2) is 29.3 Å². The Kier molecular flexibility index (Phi) is 3.40. The van der Waals surface area contributed by atoms with E-state index in [1.165, 1.54) is 0 Å². The number of nitrogens with zero attached hydrogens (tertiary/aromatic N) is 1. The predicted octanol–water partition coefficient (Wildman–Crippen LogP) is 2.66. The molecule has 1 aliphatic heterocycles. The van der Waals surface area contributed by atoms with Crippen LogP contribution in [-0.2, 0) is 16.0 Å². The molecule has 20 heavy (non-hydrogen) atoms. The Morgan fingerprint density at radius 3 is 3.05 bits per heavy atom. The Morgan fingerprint density at radius 1 is 1.40 bits per heavy atom. The average Bonchev–Trinajstić information content (AvgIpc) is 2.48. The minimum absolute atomic E-state index is 0.299. The van der Waals surface area contributed by atoms with Gasteiger partial charge >= 0.3 is 5.97 Å². The zero-order valence-electron chi connectivity index (χ0n) is 11.2. The first-order chi connectivity index (χ1) is 9.70. The normalized spacial score (nSPS) is 22.8. The summed E-state index contributed by atoms with van der Waals surface area (Å²) in [6.07, 6.45) is 3.75. The zero-order valence-corrected chi connectivity index (χ0v) is 11.2. The number of aromatic nitrogens is 1. The number of aliphatic carboxylic acids is 1. The van der Waals surface area contributed by atoms with Crippen LogP contribution >= 0.6 is 0 Å². The van der Waals surface area contributed by atoms with Crippen LogP contribution in [0.5, 0.6) is 0 Å². The van der Waals surface area contributed by atoms with Crippen LogP contribution in [0.2, 0.25) is 0 Å². The highest BCUT2D eigenvalue weighted by Crippen LogP contribution is 2.33. The summed E-state index contributed by atoms with van der Waals surface area (Å²) in [4.78, 5) is 15.9. The summed E-state index contributed by atoms with van der Waals surface area (Å²) >= 11 is 0. The van der Waals surface area contributed by atoms with Crippen LogP contribution in [0.15, 0.2) is 36.5 Å². The molecule has 1 aromatic carbocycles. The van der Waals surface area contributed by atoms with Gasteiger partial charge in [-0.05, 0) is 43.0 Å². The molecule has 1 N–H and O–H groups in total. The van der Waals surface area contributed by atoms with E-state index in [-0.39, 0.29) is 0 Å². The summed E-state index contributed by atoms with van der Waals surface area (Å²) < 4.78 is 5.41. The van der Waals surface area contributed by atoms with Crippen molar-refractivity contribution < 1.29 is 14.6 Å². The molecule has 0 bridgehead atoms.